The van der Waals surface area contributed by atoms with Crippen LogP contribution in [-0.2, 0) is 13.0 Å². The molecule has 24 heavy (non-hydrogen) atoms. The Labute approximate surface area is 139 Å². The Morgan fingerprint density at radius 3 is 2.88 bits per heavy atom. The summed E-state index contributed by atoms with van der Waals surface area (Å²) >= 11 is 0. The van der Waals surface area contributed by atoms with Crippen molar-refractivity contribution in [3.05, 3.63) is 59.5 Å². The van der Waals surface area contributed by atoms with E-state index in [9.17, 15) is 9.90 Å². The Balaban J connectivity index is 1.85. The highest BCUT2D eigenvalue weighted by molar-refractivity contribution is 5.86. The number of aryl methyl sites for hydroxylation is 1. The zero-order valence-corrected chi connectivity index (χ0v) is 13.6. The second-order valence-corrected chi connectivity index (χ2v) is 5.45. The van der Waals surface area contributed by atoms with E-state index in [0.29, 0.717) is 12.2 Å². The van der Waals surface area contributed by atoms with Crippen LogP contribution in [0.5, 0.6) is 5.75 Å². The van der Waals surface area contributed by atoms with Gasteiger partial charge < -0.3 is 15.2 Å². The molecule has 0 aliphatic heterocycles. The molecule has 6 nitrogen and oxygen atoms in total. The van der Waals surface area contributed by atoms with Crippen molar-refractivity contribution in [2.75, 3.05) is 12.4 Å². The fourth-order valence-electron chi connectivity index (χ4n) is 2.63. The van der Waals surface area contributed by atoms with Crippen molar-refractivity contribution in [2.24, 2.45) is 0 Å². The van der Waals surface area contributed by atoms with Gasteiger partial charge >= 0.3 is 5.97 Å². The zero-order chi connectivity index (χ0) is 17.1. The number of benzene rings is 1. The van der Waals surface area contributed by atoms with Gasteiger partial charge in [0, 0.05) is 18.3 Å². The highest BCUT2D eigenvalue weighted by Crippen LogP contribution is 2.22. The highest BCUT2D eigenvalue weighted by atomic mass is 16.5. The molecular weight excluding hydrogens is 306 g/mol. The fraction of sp³-hybridized carbons (Fsp3) is 0.222. The highest BCUT2D eigenvalue weighted by Gasteiger charge is 2.11. The summed E-state index contributed by atoms with van der Waals surface area (Å²) in [5.74, 6) is -0.174. The largest absolute Gasteiger partial charge is 0.496 e. The van der Waals surface area contributed by atoms with Crippen LogP contribution >= 0.6 is 0 Å². The number of rotatable bonds is 6. The first kappa shape index (κ1) is 15.9. The fourth-order valence-corrected chi connectivity index (χ4v) is 2.63. The number of hydrogen-bond acceptors (Lipinski definition) is 4. The average molecular weight is 325 g/mol. The number of fused-ring (bicyclic) bond motifs is 1. The van der Waals surface area contributed by atoms with E-state index in [1.165, 1.54) is 11.8 Å². The average Bonchev–Trinajstić information content (AvgIpc) is 3.03. The van der Waals surface area contributed by atoms with Gasteiger partial charge in [0.25, 0.3) is 0 Å². The van der Waals surface area contributed by atoms with E-state index in [-0.39, 0.29) is 5.69 Å². The number of pyridine rings is 1. The molecule has 0 aliphatic rings. The van der Waals surface area contributed by atoms with Gasteiger partial charge in [-0.05, 0) is 30.2 Å². The number of ether oxygens (including phenoxy) is 1. The van der Waals surface area contributed by atoms with Crippen LogP contribution in [0.4, 0.5) is 5.69 Å². The van der Waals surface area contributed by atoms with E-state index < -0.39 is 5.97 Å². The number of imidazole rings is 1. The third-order valence-corrected chi connectivity index (χ3v) is 3.96. The predicted octanol–water partition coefficient (Wildman–Crippen LogP) is 3.22. The summed E-state index contributed by atoms with van der Waals surface area (Å²) in [6.07, 6.45) is 4.05. The molecule has 124 valence electrons. The third-order valence-electron chi connectivity index (χ3n) is 3.96. The van der Waals surface area contributed by atoms with Crippen molar-refractivity contribution in [3.8, 4) is 5.75 Å². The molecule has 3 aromatic rings. The van der Waals surface area contributed by atoms with E-state index in [1.807, 2.05) is 12.1 Å². The SMILES string of the molecule is CCc1ccc(OC)c(CNc2ccc3ncc(C(=O)O)n3c2)c1. The van der Waals surface area contributed by atoms with E-state index >= 15 is 0 Å². The van der Waals surface area contributed by atoms with Gasteiger partial charge in [0.15, 0.2) is 5.69 Å². The van der Waals surface area contributed by atoms with Gasteiger partial charge in [-0.25, -0.2) is 9.78 Å². The molecule has 0 amide bonds. The standard InChI is InChI=1S/C18H19N3O3/c1-3-12-4-6-16(24-2)13(8-12)9-19-14-5-7-17-20-10-15(18(22)23)21(17)11-14/h4-8,10-11,19H,3,9H2,1-2H3,(H,22,23). The number of anilines is 1. The van der Waals surface area contributed by atoms with Gasteiger partial charge in [0.2, 0.25) is 0 Å². The Morgan fingerprint density at radius 2 is 2.17 bits per heavy atom. The molecule has 0 fully saturated rings. The van der Waals surface area contributed by atoms with Crippen molar-refractivity contribution in [2.45, 2.75) is 19.9 Å². The zero-order valence-electron chi connectivity index (χ0n) is 13.6. The molecule has 0 bridgehead atoms. The van der Waals surface area contributed by atoms with E-state index in [4.69, 9.17) is 4.74 Å². The monoisotopic (exact) mass is 325 g/mol. The Hall–Kier alpha value is -3.02. The maximum atomic E-state index is 11.2. The number of carbonyl (C=O) groups is 1. The quantitative estimate of drug-likeness (QED) is 0.728. The number of aromatic carboxylic acids is 1. The van der Waals surface area contributed by atoms with Gasteiger partial charge in [-0.1, -0.05) is 19.1 Å². The molecule has 0 atom stereocenters. The lowest BCUT2D eigenvalue weighted by Gasteiger charge is -2.12. The molecule has 0 saturated heterocycles. The van der Waals surface area contributed by atoms with Crippen molar-refractivity contribution >= 4 is 17.3 Å². The van der Waals surface area contributed by atoms with Crippen LogP contribution in [0.25, 0.3) is 5.65 Å². The number of nitrogens with one attached hydrogen (secondary N) is 1. The van der Waals surface area contributed by atoms with Crippen LogP contribution < -0.4 is 10.1 Å². The molecule has 2 aromatic heterocycles. The van der Waals surface area contributed by atoms with E-state index in [2.05, 4.69) is 29.4 Å². The summed E-state index contributed by atoms with van der Waals surface area (Å²) in [6, 6.07) is 9.80. The second kappa shape index (κ2) is 6.62. The molecule has 2 N–H and O–H groups in total. The molecule has 3 rings (SSSR count). The van der Waals surface area contributed by atoms with Gasteiger partial charge in [0.1, 0.15) is 11.4 Å². The number of carboxylic acid groups (broad SMARTS) is 1. The lowest BCUT2D eigenvalue weighted by molar-refractivity contribution is 0.0689. The molecule has 2 heterocycles. The minimum Gasteiger partial charge on any atom is -0.496 e. The molecular formula is C18H19N3O3. The van der Waals surface area contributed by atoms with Crippen LogP contribution in [0, 0.1) is 0 Å². The third kappa shape index (κ3) is 3.03. The summed E-state index contributed by atoms with van der Waals surface area (Å²) in [7, 11) is 1.65. The van der Waals surface area contributed by atoms with Crippen molar-refractivity contribution < 1.29 is 14.6 Å². The van der Waals surface area contributed by atoms with Crippen molar-refractivity contribution in [3.63, 3.8) is 0 Å². The van der Waals surface area contributed by atoms with Crippen molar-refractivity contribution in [1.29, 1.82) is 0 Å². The molecule has 0 spiro atoms. The lowest BCUT2D eigenvalue weighted by Crippen LogP contribution is -2.05. The molecule has 0 radical (unpaired) electrons. The molecule has 0 saturated carbocycles. The summed E-state index contributed by atoms with van der Waals surface area (Å²) in [5, 5.41) is 12.5. The lowest BCUT2D eigenvalue weighted by atomic mass is 10.1. The maximum absolute atomic E-state index is 11.2. The molecule has 1 aromatic carbocycles. The van der Waals surface area contributed by atoms with Gasteiger partial charge in [0.05, 0.1) is 19.0 Å². The first-order valence-corrected chi connectivity index (χ1v) is 7.72. The first-order chi connectivity index (χ1) is 11.6. The van der Waals surface area contributed by atoms with Crippen LogP contribution in [0.15, 0.2) is 42.7 Å². The van der Waals surface area contributed by atoms with E-state index in [1.54, 1.807) is 23.8 Å². The number of methoxy groups -OCH3 is 1. The predicted molar refractivity (Wildman–Crippen MR) is 91.9 cm³/mol. The molecule has 6 heteroatoms. The number of nitrogens with zero attached hydrogens (tertiary/aromatic N) is 2. The second-order valence-electron chi connectivity index (χ2n) is 5.45. The first-order valence-electron chi connectivity index (χ1n) is 7.72. The van der Waals surface area contributed by atoms with Crippen LogP contribution in [-0.4, -0.2) is 27.6 Å². The summed E-state index contributed by atoms with van der Waals surface area (Å²) in [5.41, 5.74) is 3.85. The van der Waals surface area contributed by atoms with Crippen LogP contribution in [0.1, 0.15) is 28.5 Å². The Kier molecular flexibility index (Phi) is 4.37. The molecule has 0 aliphatic carbocycles. The number of hydrogen-bond donors (Lipinski definition) is 2. The normalized spacial score (nSPS) is 10.8. The topological polar surface area (TPSA) is 75.9 Å². The van der Waals surface area contributed by atoms with Crippen LogP contribution in [0.3, 0.4) is 0 Å². The summed E-state index contributed by atoms with van der Waals surface area (Å²) < 4.78 is 6.97. The van der Waals surface area contributed by atoms with E-state index in [0.717, 1.165) is 23.4 Å². The van der Waals surface area contributed by atoms with Gasteiger partial charge in [-0.2, -0.15) is 0 Å². The minimum absolute atomic E-state index is 0.138. The smallest absolute Gasteiger partial charge is 0.354 e. The summed E-state index contributed by atoms with van der Waals surface area (Å²) in [6.45, 7) is 2.69. The maximum Gasteiger partial charge on any atom is 0.354 e. The van der Waals surface area contributed by atoms with Crippen LogP contribution in [0.2, 0.25) is 0 Å². The Bertz CT molecular complexity index is 886. The minimum atomic E-state index is -1.00. The van der Waals surface area contributed by atoms with Gasteiger partial charge in [-0.3, -0.25) is 4.40 Å². The van der Waals surface area contributed by atoms with Gasteiger partial charge in [-0.15, -0.1) is 0 Å². The molecule has 0 unspecified atom stereocenters. The number of aromatic nitrogens is 2. The summed E-state index contributed by atoms with van der Waals surface area (Å²) in [4.78, 5) is 15.3. The Morgan fingerprint density at radius 1 is 1.33 bits per heavy atom. The van der Waals surface area contributed by atoms with Crippen molar-refractivity contribution in [1.82, 2.24) is 9.38 Å². The number of carboxylic acids is 1.